The van der Waals surface area contributed by atoms with Crippen LogP contribution in [0.15, 0.2) is 24.3 Å². The average Bonchev–Trinajstić information content (AvgIpc) is 2.73. The van der Waals surface area contributed by atoms with Crippen LogP contribution in [0.2, 0.25) is 0 Å². The largest absolute Gasteiger partial charge is 0.492 e. The highest BCUT2D eigenvalue weighted by Crippen LogP contribution is 2.36. The van der Waals surface area contributed by atoms with Gasteiger partial charge in [-0.2, -0.15) is 0 Å². The molecule has 1 saturated carbocycles. The normalized spacial score (nSPS) is 27.6. The number of ether oxygens (including phenoxy) is 2. The molecule has 5 heteroatoms. The number of piperidine rings is 1. The van der Waals surface area contributed by atoms with Crippen molar-refractivity contribution in [2.24, 2.45) is 11.8 Å². The maximum absolute atomic E-state index is 13.1. The first-order chi connectivity index (χ1) is 14.5. The van der Waals surface area contributed by atoms with E-state index in [1.807, 2.05) is 24.3 Å². The lowest BCUT2D eigenvalue weighted by molar-refractivity contribution is -0.148. The number of benzene rings is 1. The smallest absolute Gasteiger partial charge is 0.256 e. The van der Waals surface area contributed by atoms with Gasteiger partial charge in [-0.25, -0.2) is 0 Å². The van der Waals surface area contributed by atoms with Crippen LogP contribution in [0.4, 0.5) is 5.69 Å². The Morgan fingerprint density at radius 1 is 1.13 bits per heavy atom. The van der Waals surface area contributed by atoms with Crippen LogP contribution in [0, 0.1) is 11.8 Å². The number of anilines is 1. The minimum atomic E-state index is -0.686. The molecule has 1 heterocycles. The molecule has 3 atom stereocenters. The van der Waals surface area contributed by atoms with E-state index in [1.165, 1.54) is 32.4 Å². The monoisotopic (exact) mass is 416 g/mol. The maximum Gasteiger partial charge on any atom is 0.256 e. The van der Waals surface area contributed by atoms with Gasteiger partial charge in [0.05, 0.1) is 0 Å². The van der Waals surface area contributed by atoms with E-state index in [-0.39, 0.29) is 5.91 Å². The third kappa shape index (κ3) is 6.45. The summed E-state index contributed by atoms with van der Waals surface area (Å²) in [5.74, 6) is 2.15. The number of nitrogens with one attached hydrogen (secondary N) is 1. The summed E-state index contributed by atoms with van der Waals surface area (Å²) in [6.07, 6.45) is 7.38. The molecule has 30 heavy (non-hydrogen) atoms. The van der Waals surface area contributed by atoms with Crippen LogP contribution in [-0.4, -0.2) is 49.3 Å². The fourth-order valence-electron chi connectivity index (χ4n) is 4.87. The predicted molar refractivity (Wildman–Crippen MR) is 122 cm³/mol. The molecule has 1 aromatic carbocycles. The van der Waals surface area contributed by atoms with Crippen molar-refractivity contribution in [1.82, 2.24) is 4.90 Å². The summed E-state index contributed by atoms with van der Waals surface area (Å²) >= 11 is 0. The third-order valence-corrected chi connectivity index (χ3v) is 6.48. The van der Waals surface area contributed by atoms with Crippen LogP contribution < -0.4 is 10.1 Å². The average molecular weight is 417 g/mol. The quantitative estimate of drug-likeness (QED) is 0.608. The SMILES string of the molecule is CCCO[C@@]1(C(=O)Nc2ccc(OCCN3CCC[C@@H](C)C3)cc2)CCC[C@@H](C)C1. The molecule has 3 rings (SSSR count). The minimum absolute atomic E-state index is 0.00427. The van der Waals surface area contributed by atoms with Gasteiger partial charge in [0.15, 0.2) is 0 Å². The fraction of sp³-hybridized carbons (Fsp3) is 0.720. The molecule has 0 unspecified atom stereocenters. The standard InChI is InChI=1S/C25H40N2O3/c1-4-16-30-25(13-5-7-20(2)18-25)24(28)26-22-9-11-23(12-10-22)29-17-15-27-14-6-8-21(3)19-27/h9-12,20-21H,4-8,13-19H2,1-3H3,(H,26,28)/t20-,21-,25+/m1/s1. The first-order valence-corrected chi connectivity index (χ1v) is 11.9. The number of carbonyl (C=O) groups excluding carboxylic acids is 1. The summed E-state index contributed by atoms with van der Waals surface area (Å²) in [6, 6.07) is 7.74. The Morgan fingerprint density at radius 3 is 2.60 bits per heavy atom. The number of nitrogens with zero attached hydrogens (tertiary/aromatic N) is 1. The molecule has 1 amide bonds. The minimum Gasteiger partial charge on any atom is -0.492 e. The van der Waals surface area contributed by atoms with Gasteiger partial charge in [-0.3, -0.25) is 9.69 Å². The van der Waals surface area contributed by atoms with E-state index in [1.54, 1.807) is 0 Å². The Hall–Kier alpha value is -1.59. The maximum atomic E-state index is 13.1. The van der Waals surface area contributed by atoms with Gasteiger partial charge in [-0.15, -0.1) is 0 Å². The van der Waals surface area contributed by atoms with Crippen molar-refractivity contribution in [3.05, 3.63) is 24.3 Å². The van der Waals surface area contributed by atoms with Crippen LogP contribution in [-0.2, 0) is 9.53 Å². The van der Waals surface area contributed by atoms with Crippen molar-refractivity contribution < 1.29 is 14.3 Å². The number of amides is 1. The molecule has 1 saturated heterocycles. The zero-order valence-electron chi connectivity index (χ0n) is 19.1. The molecule has 0 spiro atoms. The lowest BCUT2D eigenvalue weighted by atomic mass is 9.78. The van der Waals surface area contributed by atoms with Crippen molar-refractivity contribution in [1.29, 1.82) is 0 Å². The number of rotatable bonds is 9. The Labute approximate surface area is 182 Å². The van der Waals surface area contributed by atoms with E-state index in [2.05, 4.69) is 31.0 Å². The van der Waals surface area contributed by atoms with E-state index < -0.39 is 5.60 Å². The van der Waals surface area contributed by atoms with Crippen molar-refractivity contribution in [2.75, 3.05) is 38.2 Å². The second-order valence-electron chi connectivity index (χ2n) is 9.42. The van der Waals surface area contributed by atoms with Crippen LogP contribution >= 0.6 is 0 Å². The topological polar surface area (TPSA) is 50.8 Å². The highest BCUT2D eigenvalue weighted by molar-refractivity contribution is 5.97. The Bertz CT molecular complexity index is 663. The van der Waals surface area contributed by atoms with Gasteiger partial charge in [0.1, 0.15) is 18.0 Å². The molecule has 0 aromatic heterocycles. The zero-order chi connectivity index (χ0) is 21.4. The Morgan fingerprint density at radius 2 is 1.90 bits per heavy atom. The number of hydrogen-bond donors (Lipinski definition) is 1. The highest BCUT2D eigenvalue weighted by Gasteiger charge is 2.42. The lowest BCUT2D eigenvalue weighted by Crippen LogP contribution is -2.48. The predicted octanol–water partition coefficient (Wildman–Crippen LogP) is 5.11. The molecule has 2 aliphatic rings. The molecular weight excluding hydrogens is 376 g/mol. The van der Waals surface area contributed by atoms with Crippen molar-refractivity contribution in [3.8, 4) is 5.75 Å². The third-order valence-electron chi connectivity index (χ3n) is 6.48. The van der Waals surface area contributed by atoms with Gasteiger partial charge in [-0.1, -0.05) is 27.2 Å². The zero-order valence-corrected chi connectivity index (χ0v) is 19.1. The van der Waals surface area contributed by atoms with E-state index in [9.17, 15) is 4.79 Å². The Kier molecular flexibility index (Phi) is 8.58. The van der Waals surface area contributed by atoms with Crippen molar-refractivity contribution in [2.45, 2.75) is 71.3 Å². The van der Waals surface area contributed by atoms with Crippen LogP contribution in [0.5, 0.6) is 5.75 Å². The van der Waals surface area contributed by atoms with Gasteiger partial charge in [0.25, 0.3) is 5.91 Å². The molecule has 0 radical (unpaired) electrons. The van der Waals surface area contributed by atoms with Crippen LogP contribution in [0.25, 0.3) is 0 Å². The van der Waals surface area contributed by atoms with Gasteiger partial charge in [0, 0.05) is 25.4 Å². The molecule has 2 fully saturated rings. The summed E-state index contributed by atoms with van der Waals surface area (Å²) < 4.78 is 12.1. The van der Waals surface area contributed by atoms with Gasteiger partial charge in [0.2, 0.25) is 0 Å². The van der Waals surface area contributed by atoms with Gasteiger partial charge in [-0.05, 0) is 81.2 Å². The summed E-state index contributed by atoms with van der Waals surface area (Å²) in [4.78, 5) is 15.6. The lowest BCUT2D eigenvalue weighted by Gasteiger charge is -2.38. The van der Waals surface area contributed by atoms with E-state index in [4.69, 9.17) is 9.47 Å². The van der Waals surface area contributed by atoms with Gasteiger partial charge >= 0.3 is 0 Å². The van der Waals surface area contributed by atoms with E-state index in [0.29, 0.717) is 19.1 Å². The summed E-state index contributed by atoms with van der Waals surface area (Å²) in [7, 11) is 0. The van der Waals surface area contributed by atoms with Gasteiger partial charge < -0.3 is 14.8 Å². The molecule has 5 nitrogen and oxygen atoms in total. The van der Waals surface area contributed by atoms with Crippen molar-refractivity contribution >= 4 is 11.6 Å². The molecule has 1 aromatic rings. The Balaban J connectivity index is 1.50. The number of hydrogen-bond acceptors (Lipinski definition) is 4. The summed E-state index contributed by atoms with van der Waals surface area (Å²) in [5.41, 5.74) is 0.115. The van der Waals surface area contributed by atoms with E-state index in [0.717, 1.165) is 49.6 Å². The molecule has 1 aliphatic carbocycles. The summed E-state index contributed by atoms with van der Waals surface area (Å²) in [5, 5.41) is 3.09. The number of carbonyl (C=O) groups is 1. The van der Waals surface area contributed by atoms with Crippen LogP contribution in [0.3, 0.4) is 0 Å². The van der Waals surface area contributed by atoms with E-state index >= 15 is 0 Å². The molecule has 0 bridgehead atoms. The summed E-state index contributed by atoms with van der Waals surface area (Å²) in [6.45, 7) is 11.3. The first-order valence-electron chi connectivity index (χ1n) is 11.9. The first kappa shape index (κ1) is 23.1. The molecular formula is C25H40N2O3. The fourth-order valence-corrected chi connectivity index (χ4v) is 4.87. The van der Waals surface area contributed by atoms with Crippen molar-refractivity contribution in [3.63, 3.8) is 0 Å². The van der Waals surface area contributed by atoms with Crippen LogP contribution in [0.1, 0.15) is 65.7 Å². The highest BCUT2D eigenvalue weighted by atomic mass is 16.5. The number of likely N-dealkylation sites (tertiary alicyclic amines) is 1. The second-order valence-corrected chi connectivity index (χ2v) is 9.42. The second kappa shape index (κ2) is 11.1. The molecule has 1 N–H and O–H groups in total. The molecule has 168 valence electrons. The molecule has 1 aliphatic heterocycles.